The Kier molecular flexibility index (Phi) is 9.08. The average Bonchev–Trinajstić information content (AvgIpc) is 2.58. The van der Waals surface area contributed by atoms with Gasteiger partial charge in [-0.1, -0.05) is 43.7 Å². The first-order valence-corrected chi connectivity index (χ1v) is 15.2. The van der Waals surface area contributed by atoms with Crippen LogP contribution in [0.2, 0.25) is 6.04 Å². The topological polar surface area (TPSA) is 9.23 Å². The molecular formula is C19H31IOSi. The Morgan fingerprint density at radius 3 is 2.45 bits per heavy atom. The van der Waals surface area contributed by atoms with E-state index in [0.29, 0.717) is 6.10 Å². The van der Waals surface area contributed by atoms with Crippen LogP contribution in [0.25, 0.3) is 0 Å². The fourth-order valence-electron chi connectivity index (χ4n) is 3.35. The van der Waals surface area contributed by atoms with Crippen LogP contribution < -0.4 is 0 Å². The molecule has 0 N–H and O–H groups in total. The first-order valence-electron chi connectivity index (χ1n) is 9.10. The molecule has 0 aliphatic heterocycles. The predicted octanol–water partition coefficient (Wildman–Crippen LogP) is 5.40. The molecule has 1 aromatic carbocycles. The summed E-state index contributed by atoms with van der Waals surface area (Å²) in [5.41, 5.74) is 3.05. The van der Waals surface area contributed by atoms with Crippen molar-refractivity contribution in [1.29, 1.82) is 0 Å². The highest BCUT2D eigenvalue weighted by Crippen LogP contribution is 2.34. The van der Waals surface area contributed by atoms with Gasteiger partial charge in [0.1, 0.15) is 0 Å². The number of ether oxygens (including phenoxy) is 1. The molecule has 1 aliphatic rings. The maximum atomic E-state index is 6.05. The van der Waals surface area contributed by atoms with Crippen molar-refractivity contribution in [2.75, 3.05) is 6.61 Å². The van der Waals surface area contributed by atoms with Crippen LogP contribution in [0.4, 0.5) is 0 Å². The van der Waals surface area contributed by atoms with Gasteiger partial charge < -0.3 is 4.74 Å². The molecule has 124 valence electrons. The summed E-state index contributed by atoms with van der Waals surface area (Å²) < 4.78 is 6.05. The fourth-order valence-corrected chi connectivity index (χ4v) is 5.36. The Labute approximate surface area is 151 Å². The highest BCUT2D eigenvalue weighted by atomic mass is 127. The molecule has 1 aliphatic carbocycles. The summed E-state index contributed by atoms with van der Waals surface area (Å²) in [5.74, 6) is 0.766. The molecule has 1 saturated carbocycles. The molecule has 22 heavy (non-hydrogen) atoms. The van der Waals surface area contributed by atoms with Crippen molar-refractivity contribution in [3.05, 3.63) is 35.4 Å². The van der Waals surface area contributed by atoms with Gasteiger partial charge in [0.25, 0.3) is 0 Å². The van der Waals surface area contributed by atoms with Gasteiger partial charge in [0.05, 0.1) is 13.1 Å². The summed E-state index contributed by atoms with van der Waals surface area (Å²) >= 11 is 2.58. The van der Waals surface area contributed by atoms with Gasteiger partial charge in [-0.15, -0.1) is 21.8 Å². The maximum Gasteiger partial charge on any atom is 0.0938 e. The summed E-state index contributed by atoms with van der Waals surface area (Å²) in [6.45, 7) is 3.26. The van der Waals surface area contributed by atoms with E-state index in [1.165, 1.54) is 63.0 Å². The van der Waals surface area contributed by atoms with Gasteiger partial charge in [-0.3, -0.25) is 0 Å². The molecule has 1 nitrogen and oxygen atoms in total. The van der Waals surface area contributed by atoms with Crippen molar-refractivity contribution in [2.24, 2.45) is 0 Å². The highest BCUT2D eigenvalue weighted by Gasteiger charge is 2.22. The van der Waals surface area contributed by atoms with E-state index >= 15 is 0 Å². The minimum Gasteiger partial charge on any atom is -0.378 e. The van der Waals surface area contributed by atoms with Crippen LogP contribution in [0, 0.1) is 0 Å². The first-order chi connectivity index (χ1) is 10.8. The van der Waals surface area contributed by atoms with Gasteiger partial charge in [0, 0.05) is 6.61 Å². The number of halogens is 1. The lowest BCUT2D eigenvalue weighted by molar-refractivity contribution is 0.0252. The van der Waals surface area contributed by atoms with Gasteiger partial charge >= 0.3 is 0 Å². The summed E-state index contributed by atoms with van der Waals surface area (Å²) in [6.07, 6.45) is 10.8. The summed E-state index contributed by atoms with van der Waals surface area (Å²) in [6, 6.07) is 10.9. The average molecular weight is 430 g/mol. The van der Waals surface area contributed by atoms with E-state index in [1.807, 2.05) is 0 Å². The summed E-state index contributed by atoms with van der Waals surface area (Å²) in [4.78, 5) is 0. The van der Waals surface area contributed by atoms with Crippen molar-refractivity contribution in [2.45, 2.75) is 76.4 Å². The largest absolute Gasteiger partial charge is 0.378 e. The molecule has 0 saturated heterocycles. The molecule has 0 heterocycles. The van der Waals surface area contributed by atoms with E-state index in [2.05, 4.69) is 53.0 Å². The van der Waals surface area contributed by atoms with Crippen LogP contribution in [-0.2, 0) is 11.2 Å². The quantitative estimate of drug-likeness (QED) is 0.221. The molecule has 2 rings (SSSR count). The molecule has 0 amide bonds. The molecule has 0 aromatic heterocycles. The lowest BCUT2D eigenvalue weighted by Crippen LogP contribution is -2.21. The number of benzene rings is 1. The lowest BCUT2D eigenvalue weighted by Gasteiger charge is -2.29. The van der Waals surface area contributed by atoms with E-state index in [1.54, 1.807) is 5.56 Å². The van der Waals surface area contributed by atoms with Gasteiger partial charge in [0.15, 0.2) is 0 Å². The zero-order chi connectivity index (χ0) is 15.6. The van der Waals surface area contributed by atoms with Crippen molar-refractivity contribution in [3.63, 3.8) is 0 Å². The van der Waals surface area contributed by atoms with Crippen LogP contribution in [0.1, 0.15) is 68.9 Å². The van der Waals surface area contributed by atoms with E-state index in [4.69, 9.17) is 4.74 Å². The number of unbranched alkanes of at least 4 members (excludes halogenated alkanes) is 1. The molecule has 1 fully saturated rings. The smallest absolute Gasteiger partial charge is 0.0938 e. The third-order valence-corrected chi connectivity index (χ3v) is 7.88. The van der Waals surface area contributed by atoms with E-state index in [0.717, 1.165) is 12.5 Å². The Bertz CT molecular complexity index is 398. The monoisotopic (exact) mass is 430 g/mol. The number of aryl methyl sites for hydroxylation is 1. The standard InChI is InChI=1S/C19H31IOSi/c1-2-3-5-16-6-8-17(9-7-16)18-10-12-19(13-11-18)21-14-4-15-22-20/h6-9,18-19H,2-5,10-15,22H2,1H3. The van der Waals surface area contributed by atoms with Crippen LogP contribution in [-0.4, -0.2) is 19.7 Å². The molecule has 0 radical (unpaired) electrons. The number of rotatable bonds is 9. The molecular weight excluding hydrogens is 399 g/mol. The summed E-state index contributed by atoms with van der Waals surface area (Å²) in [7, 11) is 0.203. The first kappa shape index (κ1) is 18.5. The Morgan fingerprint density at radius 1 is 1.09 bits per heavy atom. The Morgan fingerprint density at radius 2 is 1.82 bits per heavy atom. The Balaban J connectivity index is 1.72. The lowest BCUT2D eigenvalue weighted by atomic mass is 9.82. The normalized spacial score (nSPS) is 22.5. The van der Waals surface area contributed by atoms with Gasteiger partial charge in [-0.05, 0) is 62.0 Å². The second-order valence-corrected chi connectivity index (χ2v) is 10.9. The van der Waals surface area contributed by atoms with Gasteiger partial charge in [-0.25, -0.2) is 0 Å². The van der Waals surface area contributed by atoms with Crippen molar-refractivity contribution in [3.8, 4) is 0 Å². The second-order valence-electron chi connectivity index (χ2n) is 6.59. The van der Waals surface area contributed by atoms with Gasteiger partial charge in [0.2, 0.25) is 0 Å². The molecule has 3 heteroatoms. The van der Waals surface area contributed by atoms with Crippen LogP contribution >= 0.6 is 21.8 Å². The molecule has 0 bridgehead atoms. The minimum atomic E-state index is 0.203. The van der Waals surface area contributed by atoms with Gasteiger partial charge in [-0.2, -0.15) is 0 Å². The van der Waals surface area contributed by atoms with Crippen molar-refractivity contribution in [1.82, 2.24) is 0 Å². The van der Waals surface area contributed by atoms with Crippen LogP contribution in [0.5, 0.6) is 0 Å². The molecule has 1 aromatic rings. The second kappa shape index (κ2) is 10.8. The SMILES string of the molecule is CCCCc1ccc(C2CCC(OCCC[SiH2]I)CC2)cc1. The van der Waals surface area contributed by atoms with Crippen molar-refractivity contribution >= 4 is 28.8 Å². The van der Waals surface area contributed by atoms with E-state index in [-0.39, 0.29) is 7.02 Å². The third kappa shape index (κ3) is 6.32. The number of hydrogen-bond acceptors (Lipinski definition) is 1. The number of hydrogen-bond donors (Lipinski definition) is 0. The minimum absolute atomic E-state index is 0.203. The molecule has 0 spiro atoms. The fraction of sp³-hybridized carbons (Fsp3) is 0.684. The molecule has 0 atom stereocenters. The Hall–Kier alpha value is 0.127. The van der Waals surface area contributed by atoms with Crippen molar-refractivity contribution < 1.29 is 4.74 Å². The maximum absolute atomic E-state index is 6.05. The highest BCUT2D eigenvalue weighted by molar-refractivity contribution is 14.1. The van der Waals surface area contributed by atoms with Crippen LogP contribution in [0.3, 0.4) is 0 Å². The zero-order valence-electron chi connectivity index (χ0n) is 14.0. The zero-order valence-corrected chi connectivity index (χ0v) is 17.6. The third-order valence-electron chi connectivity index (χ3n) is 4.83. The predicted molar refractivity (Wildman–Crippen MR) is 108 cm³/mol. The van der Waals surface area contributed by atoms with E-state index in [9.17, 15) is 0 Å². The van der Waals surface area contributed by atoms with Crippen LogP contribution in [0.15, 0.2) is 24.3 Å². The molecule has 0 unspecified atom stereocenters. The summed E-state index contributed by atoms with van der Waals surface area (Å²) in [5, 5.41) is 0. The van der Waals surface area contributed by atoms with E-state index < -0.39 is 0 Å².